The maximum absolute atomic E-state index is 12.9. The Morgan fingerprint density at radius 2 is 1.77 bits per heavy atom. The van der Waals surface area contributed by atoms with Crippen molar-refractivity contribution in [1.82, 2.24) is 9.88 Å². The molecule has 5 heterocycles. The number of rotatable bonds is 5. The number of aromatic nitrogens is 1. The molecular formula is C22H19N3O3S3. The average Bonchev–Trinajstić information content (AvgIpc) is 3.59. The maximum Gasteiger partial charge on any atom is 0.289 e. The zero-order valence-corrected chi connectivity index (χ0v) is 18.9. The summed E-state index contributed by atoms with van der Waals surface area (Å²) in [6.45, 7) is 1.08. The molecule has 0 unspecified atom stereocenters. The number of carbonyl (C=O) groups is 2. The van der Waals surface area contributed by atoms with Crippen molar-refractivity contribution >= 4 is 51.0 Å². The minimum absolute atomic E-state index is 0.0330. The van der Waals surface area contributed by atoms with E-state index in [0.29, 0.717) is 36.8 Å². The Balaban J connectivity index is 1.27. The van der Waals surface area contributed by atoms with E-state index in [1.165, 1.54) is 17.6 Å². The Bertz CT molecular complexity index is 1100. The molecule has 1 fully saturated rings. The van der Waals surface area contributed by atoms with Crippen LogP contribution in [0.4, 0.5) is 5.13 Å². The van der Waals surface area contributed by atoms with Crippen LogP contribution in [0.3, 0.4) is 0 Å². The van der Waals surface area contributed by atoms with Crippen molar-refractivity contribution in [1.29, 1.82) is 0 Å². The van der Waals surface area contributed by atoms with Gasteiger partial charge in [-0.2, -0.15) is 0 Å². The third kappa shape index (κ3) is 4.21. The van der Waals surface area contributed by atoms with Gasteiger partial charge in [0.2, 0.25) is 5.91 Å². The van der Waals surface area contributed by atoms with Crippen LogP contribution in [0.15, 0.2) is 57.8 Å². The first-order chi connectivity index (χ1) is 15.2. The minimum atomic E-state index is -0.139. The second-order valence-corrected chi connectivity index (χ2v) is 10.1. The van der Waals surface area contributed by atoms with Gasteiger partial charge in [-0.25, -0.2) is 4.98 Å². The molecule has 0 atom stereocenters. The molecule has 0 radical (unpaired) electrons. The standard InChI is InChI=1S/C22H19N3O3S3/c26-20(14-7-9-25(10-8-14)21(27)15-4-1-11-28-15)24-22-23-18(16-5-2-12-29-16)19(31-22)17-6-3-13-30-17/h1-6,11-14H,7-10H2,(H,23,24,26). The topological polar surface area (TPSA) is 75.4 Å². The minimum Gasteiger partial charge on any atom is -0.459 e. The second kappa shape index (κ2) is 8.78. The van der Waals surface area contributed by atoms with Crippen LogP contribution >= 0.6 is 34.0 Å². The molecule has 1 saturated heterocycles. The van der Waals surface area contributed by atoms with Crippen LogP contribution in [0.1, 0.15) is 23.4 Å². The van der Waals surface area contributed by atoms with Crippen molar-refractivity contribution in [3.05, 3.63) is 59.2 Å². The van der Waals surface area contributed by atoms with E-state index < -0.39 is 0 Å². The van der Waals surface area contributed by atoms with Gasteiger partial charge < -0.3 is 14.6 Å². The summed E-state index contributed by atoms with van der Waals surface area (Å²) in [6, 6.07) is 11.5. The first-order valence-corrected chi connectivity index (χ1v) is 12.5. The quantitative estimate of drug-likeness (QED) is 0.408. The van der Waals surface area contributed by atoms with Gasteiger partial charge in [0.05, 0.1) is 16.0 Å². The van der Waals surface area contributed by atoms with Gasteiger partial charge in [0, 0.05) is 23.9 Å². The zero-order valence-electron chi connectivity index (χ0n) is 16.4. The molecule has 1 aliphatic rings. The molecule has 0 saturated carbocycles. The van der Waals surface area contributed by atoms with Gasteiger partial charge in [-0.05, 0) is 47.9 Å². The summed E-state index contributed by atoms with van der Waals surface area (Å²) >= 11 is 4.82. The molecule has 31 heavy (non-hydrogen) atoms. The van der Waals surface area contributed by atoms with Crippen molar-refractivity contribution in [2.24, 2.45) is 5.92 Å². The van der Waals surface area contributed by atoms with Crippen LogP contribution in [-0.4, -0.2) is 34.8 Å². The lowest BCUT2D eigenvalue weighted by molar-refractivity contribution is -0.121. The lowest BCUT2D eigenvalue weighted by Gasteiger charge is -2.30. The number of thiazole rings is 1. The molecule has 5 rings (SSSR count). The number of hydrogen-bond donors (Lipinski definition) is 1. The Labute approximate surface area is 191 Å². The number of piperidine rings is 1. The number of amides is 2. The second-order valence-electron chi connectivity index (χ2n) is 7.18. The molecule has 158 valence electrons. The highest BCUT2D eigenvalue weighted by Crippen LogP contribution is 2.42. The van der Waals surface area contributed by atoms with Crippen LogP contribution in [0, 0.1) is 5.92 Å². The van der Waals surface area contributed by atoms with Crippen molar-refractivity contribution < 1.29 is 14.0 Å². The van der Waals surface area contributed by atoms with E-state index in [2.05, 4.69) is 11.4 Å². The molecule has 4 aromatic rings. The van der Waals surface area contributed by atoms with E-state index in [-0.39, 0.29) is 17.7 Å². The summed E-state index contributed by atoms with van der Waals surface area (Å²) in [4.78, 5) is 35.1. The lowest BCUT2D eigenvalue weighted by Crippen LogP contribution is -2.41. The van der Waals surface area contributed by atoms with Gasteiger partial charge in [-0.1, -0.05) is 23.5 Å². The molecule has 2 amide bonds. The number of hydrogen-bond acceptors (Lipinski definition) is 7. The summed E-state index contributed by atoms with van der Waals surface area (Å²) in [5, 5.41) is 7.72. The smallest absolute Gasteiger partial charge is 0.289 e. The number of thiophene rings is 2. The van der Waals surface area contributed by atoms with Crippen LogP contribution in [0.25, 0.3) is 20.3 Å². The van der Waals surface area contributed by atoms with Crippen molar-refractivity contribution in [3.63, 3.8) is 0 Å². The van der Waals surface area contributed by atoms with E-state index >= 15 is 0 Å². The summed E-state index contributed by atoms with van der Waals surface area (Å²) in [5.41, 5.74) is 0.914. The van der Waals surface area contributed by atoms with Gasteiger partial charge in [0.15, 0.2) is 10.9 Å². The largest absolute Gasteiger partial charge is 0.459 e. The Morgan fingerprint density at radius 1 is 1.03 bits per heavy atom. The van der Waals surface area contributed by atoms with Crippen molar-refractivity contribution in [3.8, 4) is 20.3 Å². The highest BCUT2D eigenvalue weighted by Gasteiger charge is 2.29. The number of carbonyl (C=O) groups excluding carboxylic acids is 2. The lowest BCUT2D eigenvalue weighted by atomic mass is 9.96. The number of anilines is 1. The Morgan fingerprint density at radius 3 is 2.42 bits per heavy atom. The van der Waals surface area contributed by atoms with Crippen LogP contribution < -0.4 is 5.32 Å². The molecule has 0 bridgehead atoms. The van der Waals surface area contributed by atoms with Crippen LogP contribution in [0.2, 0.25) is 0 Å². The molecule has 1 N–H and O–H groups in total. The van der Waals surface area contributed by atoms with Gasteiger partial charge in [0.25, 0.3) is 5.91 Å². The SMILES string of the molecule is O=C(Nc1nc(-c2cccs2)c(-c2cccs2)s1)C1CCN(C(=O)c2ccco2)CC1. The van der Waals surface area contributed by atoms with Crippen LogP contribution in [0.5, 0.6) is 0 Å². The van der Waals surface area contributed by atoms with Gasteiger partial charge in [-0.15, -0.1) is 22.7 Å². The number of likely N-dealkylation sites (tertiary alicyclic amines) is 1. The molecule has 4 aromatic heterocycles. The number of nitrogens with zero attached hydrogens (tertiary/aromatic N) is 2. The highest BCUT2D eigenvalue weighted by atomic mass is 32.1. The summed E-state index contributed by atoms with van der Waals surface area (Å²) in [7, 11) is 0. The first kappa shape index (κ1) is 20.2. The average molecular weight is 470 g/mol. The predicted molar refractivity (Wildman–Crippen MR) is 125 cm³/mol. The number of furan rings is 1. The fourth-order valence-electron chi connectivity index (χ4n) is 3.64. The van der Waals surface area contributed by atoms with E-state index in [9.17, 15) is 9.59 Å². The number of nitrogens with one attached hydrogen (secondary N) is 1. The fourth-order valence-corrected chi connectivity index (χ4v) is 6.26. The molecular weight excluding hydrogens is 450 g/mol. The van der Waals surface area contributed by atoms with Crippen LogP contribution in [-0.2, 0) is 4.79 Å². The van der Waals surface area contributed by atoms with Gasteiger partial charge in [0.1, 0.15) is 5.69 Å². The first-order valence-electron chi connectivity index (χ1n) is 9.91. The molecule has 0 aliphatic carbocycles. The zero-order chi connectivity index (χ0) is 21.2. The summed E-state index contributed by atoms with van der Waals surface area (Å²) < 4.78 is 5.20. The monoisotopic (exact) mass is 469 g/mol. The van der Waals surface area contributed by atoms with Gasteiger partial charge >= 0.3 is 0 Å². The van der Waals surface area contributed by atoms with E-state index in [1.807, 2.05) is 29.0 Å². The third-order valence-electron chi connectivity index (χ3n) is 5.24. The summed E-state index contributed by atoms with van der Waals surface area (Å²) in [5.74, 6) is 0.0482. The Hall–Kier alpha value is -2.75. The van der Waals surface area contributed by atoms with Crippen molar-refractivity contribution in [2.45, 2.75) is 12.8 Å². The third-order valence-corrected chi connectivity index (χ3v) is 8.14. The normalized spacial score (nSPS) is 14.6. The van der Waals surface area contributed by atoms with Crippen molar-refractivity contribution in [2.75, 3.05) is 18.4 Å². The van der Waals surface area contributed by atoms with E-state index in [4.69, 9.17) is 9.40 Å². The molecule has 1 aliphatic heterocycles. The molecule has 0 spiro atoms. The predicted octanol–water partition coefficient (Wildman–Crippen LogP) is 5.68. The van der Waals surface area contributed by atoms with E-state index in [0.717, 1.165) is 20.3 Å². The highest BCUT2D eigenvalue weighted by molar-refractivity contribution is 7.24. The van der Waals surface area contributed by atoms with Gasteiger partial charge in [-0.3, -0.25) is 9.59 Å². The summed E-state index contributed by atoms with van der Waals surface area (Å²) in [6.07, 6.45) is 2.74. The molecule has 9 heteroatoms. The maximum atomic E-state index is 12.9. The Kier molecular flexibility index (Phi) is 5.71. The molecule has 6 nitrogen and oxygen atoms in total. The van der Waals surface area contributed by atoms with E-state index in [1.54, 1.807) is 39.7 Å². The molecule has 0 aromatic carbocycles. The fraction of sp³-hybridized carbons (Fsp3) is 0.227.